The molecule has 3 aromatic rings. The number of thiazole rings is 1. The number of methoxy groups -OCH3 is 1. The Labute approximate surface area is 165 Å². The summed E-state index contributed by atoms with van der Waals surface area (Å²) in [6.07, 6.45) is 0. The van der Waals surface area contributed by atoms with Crippen molar-refractivity contribution < 1.29 is 13.2 Å². The molecule has 2 aromatic carbocycles. The van der Waals surface area contributed by atoms with E-state index in [1.807, 2.05) is 18.2 Å². The van der Waals surface area contributed by atoms with Crippen LogP contribution in [0.15, 0.2) is 39.7 Å². The first kappa shape index (κ1) is 19.3. The van der Waals surface area contributed by atoms with E-state index < -0.39 is 10.0 Å². The van der Waals surface area contributed by atoms with Gasteiger partial charge in [-0.3, -0.25) is 0 Å². The summed E-state index contributed by atoms with van der Waals surface area (Å²) < 4.78 is 34.7. The lowest BCUT2D eigenvalue weighted by molar-refractivity contribution is 0.413. The molecule has 1 aromatic heterocycles. The van der Waals surface area contributed by atoms with Crippen molar-refractivity contribution in [2.45, 2.75) is 25.3 Å². The number of hydrogen-bond acceptors (Lipinski definition) is 5. The molecule has 5 nitrogen and oxygen atoms in total. The van der Waals surface area contributed by atoms with E-state index in [0.717, 1.165) is 19.7 Å². The number of hydrogen-bond donors (Lipinski definition) is 0. The standard InChI is InChI=1S/C18H19BrN2O3S2/c1-11-8-13(24-4)9-12(2)18(11)26(22,23)21(3)10-16-20-17-14(19)6-5-7-15(17)25-16/h5-9H,10H2,1-4H3. The number of para-hydroxylation sites is 1. The lowest BCUT2D eigenvalue weighted by Crippen LogP contribution is -2.27. The fourth-order valence-corrected chi connectivity index (χ4v) is 6.15. The van der Waals surface area contributed by atoms with Crippen molar-refractivity contribution in [3.05, 3.63) is 50.9 Å². The van der Waals surface area contributed by atoms with Crippen LogP contribution in [0, 0.1) is 13.8 Å². The van der Waals surface area contributed by atoms with Gasteiger partial charge in [-0.15, -0.1) is 11.3 Å². The molecule has 8 heteroatoms. The topological polar surface area (TPSA) is 59.5 Å². The van der Waals surface area contributed by atoms with Gasteiger partial charge in [-0.1, -0.05) is 6.07 Å². The van der Waals surface area contributed by atoms with Crippen LogP contribution in [-0.4, -0.2) is 31.9 Å². The Bertz CT molecular complexity index is 1050. The SMILES string of the molecule is COc1cc(C)c(S(=O)(=O)N(C)Cc2nc3c(Br)cccc3s2)c(C)c1. The summed E-state index contributed by atoms with van der Waals surface area (Å²) in [5.41, 5.74) is 2.19. The highest BCUT2D eigenvalue weighted by Gasteiger charge is 2.26. The molecular formula is C18H19BrN2O3S2. The van der Waals surface area contributed by atoms with Crippen molar-refractivity contribution in [1.29, 1.82) is 0 Å². The Hall–Kier alpha value is -1.48. The van der Waals surface area contributed by atoms with Crippen molar-refractivity contribution >= 4 is 47.5 Å². The third kappa shape index (κ3) is 3.51. The van der Waals surface area contributed by atoms with Crippen molar-refractivity contribution in [3.8, 4) is 5.75 Å². The molecule has 0 saturated carbocycles. The molecule has 0 saturated heterocycles. The first-order valence-electron chi connectivity index (χ1n) is 7.89. The second-order valence-electron chi connectivity index (χ2n) is 6.05. The van der Waals surface area contributed by atoms with Gasteiger partial charge in [-0.25, -0.2) is 13.4 Å². The Morgan fingerprint density at radius 1 is 1.23 bits per heavy atom. The lowest BCUT2D eigenvalue weighted by atomic mass is 10.1. The lowest BCUT2D eigenvalue weighted by Gasteiger charge is -2.19. The van der Waals surface area contributed by atoms with Gasteiger partial charge in [0.05, 0.1) is 28.8 Å². The van der Waals surface area contributed by atoms with Crippen LogP contribution in [-0.2, 0) is 16.6 Å². The maximum Gasteiger partial charge on any atom is 0.243 e. The van der Waals surface area contributed by atoms with Crippen LogP contribution >= 0.6 is 27.3 Å². The number of aromatic nitrogens is 1. The summed E-state index contributed by atoms with van der Waals surface area (Å²) in [5.74, 6) is 0.651. The van der Waals surface area contributed by atoms with Crippen LogP contribution in [0.2, 0.25) is 0 Å². The molecule has 3 rings (SSSR count). The number of benzene rings is 2. The second kappa shape index (κ2) is 7.26. The predicted molar refractivity (Wildman–Crippen MR) is 108 cm³/mol. The molecule has 0 N–H and O–H groups in total. The third-order valence-corrected chi connectivity index (χ3v) is 7.86. The first-order chi connectivity index (χ1) is 12.2. The van der Waals surface area contributed by atoms with Gasteiger partial charge in [-0.05, 0) is 65.2 Å². The van der Waals surface area contributed by atoms with Gasteiger partial charge in [0.2, 0.25) is 10.0 Å². The van der Waals surface area contributed by atoms with Gasteiger partial charge >= 0.3 is 0 Å². The van der Waals surface area contributed by atoms with Gasteiger partial charge in [0.25, 0.3) is 0 Å². The summed E-state index contributed by atoms with van der Waals surface area (Å²) in [4.78, 5) is 4.90. The Morgan fingerprint density at radius 3 is 2.46 bits per heavy atom. The van der Waals surface area contributed by atoms with Crippen molar-refractivity contribution in [3.63, 3.8) is 0 Å². The molecule has 26 heavy (non-hydrogen) atoms. The molecule has 0 fully saturated rings. The van der Waals surface area contributed by atoms with E-state index in [-0.39, 0.29) is 6.54 Å². The molecule has 1 heterocycles. The minimum Gasteiger partial charge on any atom is -0.497 e. The minimum atomic E-state index is -3.64. The number of rotatable bonds is 5. The zero-order valence-electron chi connectivity index (χ0n) is 14.9. The van der Waals surface area contributed by atoms with Crippen LogP contribution in [0.4, 0.5) is 0 Å². The molecule has 0 radical (unpaired) electrons. The van der Waals surface area contributed by atoms with E-state index in [1.54, 1.807) is 40.1 Å². The van der Waals surface area contributed by atoms with E-state index in [2.05, 4.69) is 20.9 Å². The fraction of sp³-hybridized carbons (Fsp3) is 0.278. The smallest absolute Gasteiger partial charge is 0.243 e. The number of sulfonamides is 1. The van der Waals surface area contributed by atoms with Crippen LogP contribution in [0.1, 0.15) is 16.1 Å². The third-order valence-electron chi connectivity index (χ3n) is 4.11. The van der Waals surface area contributed by atoms with Gasteiger partial charge in [-0.2, -0.15) is 4.31 Å². The highest BCUT2D eigenvalue weighted by molar-refractivity contribution is 9.10. The summed E-state index contributed by atoms with van der Waals surface area (Å²) in [6.45, 7) is 3.79. The molecule has 0 spiro atoms. The summed E-state index contributed by atoms with van der Waals surface area (Å²) >= 11 is 4.98. The summed E-state index contributed by atoms with van der Waals surface area (Å²) in [7, 11) is -0.486. The van der Waals surface area contributed by atoms with E-state index in [9.17, 15) is 8.42 Å². The zero-order valence-corrected chi connectivity index (χ0v) is 18.1. The van der Waals surface area contributed by atoms with Crippen molar-refractivity contribution in [2.75, 3.05) is 14.2 Å². The maximum atomic E-state index is 13.1. The van der Waals surface area contributed by atoms with Crippen LogP contribution in [0.3, 0.4) is 0 Å². The quantitative estimate of drug-likeness (QED) is 0.568. The van der Waals surface area contributed by atoms with Crippen LogP contribution < -0.4 is 4.74 Å². The van der Waals surface area contributed by atoms with Gasteiger partial charge in [0, 0.05) is 11.5 Å². The van der Waals surface area contributed by atoms with E-state index in [1.165, 1.54) is 15.6 Å². The van der Waals surface area contributed by atoms with Crippen LogP contribution in [0.5, 0.6) is 5.75 Å². The number of halogens is 1. The largest absolute Gasteiger partial charge is 0.497 e. The molecule has 0 atom stereocenters. The first-order valence-corrected chi connectivity index (χ1v) is 10.9. The van der Waals surface area contributed by atoms with E-state index in [4.69, 9.17) is 4.74 Å². The number of nitrogens with zero attached hydrogens (tertiary/aromatic N) is 2. The molecule has 0 amide bonds. The Morgan fingerprint density at radius 2 is 1.88 bits per heavy atom. The highest BCUT2D eigenvalue weighted by atomic mass is 79.9. The van der Waals surface area contributed by atoms with Gasteiger partial charge in [0.1, 0.15) is 10.8 Å². The average Bonchev–Trinajstić information content (AvgIpc) is 2.97. The second-order valence-corrected chi connectivity index (χ2v) is 10.00. The van der Waals surface area contributed by atoms with E-state index in [0.29, 0.717) is 21.8 Å². The maximum absolute atomic E-state index is 13.1. The Balaban J connectivity index is 1.95. The van der Waals surface area contributed by atoms with Crippen LogP contribution in [0.25, 0.3) is 10.2 Å². The molecule has 0 unspecified atom stereocenters. The number of fused-ring (bicyclic) bond motifs is 1. The molecular weight excluding hydrogens is 436 g/mol. The molecule has 138 valence electrons. The molecule has 0 aliphatic carbocycles. The average molecular weight is 455 g/mol. The highest BCUT2D eigenvalue weighted by Crippen LogP contribution is 2.31. The summed E-state index contributed by atoms with van der Waals surface area (Å²) in [6, 6.07) is 9.33. The summed E-state index contributed by atoms with van der Waals surface area (Å²) in [5, 5.41) is 0.752. The predicted octanol–water partition coefficient (Wildman–Crippen LogP) is 4.50. The normalized spacial score (nSPS) is 12.1. The molecule has 0 aliphatic heterocycles. The van der Waals surface area contributed by atoms with Crippen molar-refractivity contribution in [1.82, 2.24) is 9.29 Å². The van der Waals surface area contributed by atoms with E-state index >= 15 is 0 Å². The number of aryl methyl sites for hydroxylation is 2. The molecule has 0 bridgehead atoms. The number of ether oxygens (including phenoxy) is 1. The fourth-order valence-electron chi connectivity index (χ4n) is 2.90. The monoisotopic (exact) mass is 454 g/mol. The van der Waals surface area contributed by atoms with Gasteiger partial charge < -0.3 is 4.74 Å². The Kier molecular flexibility index (Phi) is 5.39. The van der Waals surface area contributed by atoms with Gasteiger partial charge in [0.15, 0.2) is 0 Å². The molecule has 0 aliphatic rings. The zero-order chi connectivity index (χ0) is 19.1. The van der Waals surface area contributed by atoms with Crippen molar-refractivity contribution in [2.24, 2.45) is 0 Å². The minimum absolute atomic E-state index is 0.221.